The predicted octanol–water partition coefficient (Wildman–Crippen LogP) is 3.30. The first-order valence-corrected chi connectivity index (χ1v) is 18.7. The number of likely N-dealkylation sites (tertiary alicyclic amines) is 1. The van der Waals surface area contributed by atoms with Crippen LogP contribution in [-0.2, 0) is 30.6 Å². The first-order valence-electron chi connectivity index (χ1n) is 16.8. The van der Waals surface area contributed by atoms with Gasteiger partial charge in [0.25, 0.3) is 0 Å². The molecule has 1 saturated heterocycles. The summed E-state index contributed by atoms with van der Waals surface area (Å²) in [7, 11) is -3.71. The van der Waals surface area contributed by atoms with E-state index in [0.717, 1.165) is 31.1 Å². The van der Waals surface area contributed by atoms with Gasteiger partial charge in [-0.25, -0.2) is 8.42 Å². The number of carbonyl (C=O) groups is 2. The first-order chi connectivity index (χ1) is 21.4. The first kappa shape index (κ1) is 36.4. The maximum atomic E-state index is 14.2. The Balaban J connectivity index is 1.61. The number of carbonyl (C=O) groups excluding carboxylic acids is 2. The van der Waals surface area contributed by atoms with E-state index in [1.807, 2.05) is 57.2 Å². The quantitative estimate of drug-likeness (QED) is 0.268. The molecule has 7 atom stereocenters. The van der Waals surface area contributed by atoms with Gasteiger partial charge in [-0.15, -0.1) is 0 Å². The molecule has 258 valence electrons. The molecule has 0 spiro atoms. The number of hydrogen-bond acceptors (Lipinski definition) is 8. The van der Waals surface area contributed by atoms with Crippen molar-refractivity contribution in [3.8, 4) is 0 Å². The lowest BCUT2D eigenvalue weighted by molar-refractivity contribution is -0.133. The molecular formula is C35H56N4O6S. The Morgan fingerprint density at radius 2 is 1.74 bits per heavy atom. The Kier molecular flexibility index (Phi) is 11.3. The minimum Gasteiger partial charge on any atom is -0.481 e. The van der Waals surface area contributed by atoms with Crippen molar-refractivity contribution in [2.24, 2.45) is 11.8 Å². The molecule has 0 aromatic heterocycles. The number of amides is 2. The number of aliphatic hydroxyl groups is 1. The Bertz CT molecular complexity index is 1330. The molecule has 4 rings (SSSR count). The summed E-state index contributed by atoms with van der Waals surface area (Å²) in [6, 6.07) is 7.29. The van der Waals surface area contributed by atoms with E-state index >= 15 is 0 Å². The highest BCUT2D eigenvalue weighted by atomic mass is 32.2. The van der Waals surface area contributed by atoms with Crippen molar-refractivity contribution in [3.05, 3.63) is 48.2 Å². The third kappa shape index (κ3) is 9.11. The number of ether oxygens (including phenoxy) is 1. The maximum absolute atomic E-state index is 14.2. The summed E-state index contributed by atoms with van der Waals surface area (Å²) in [6.45, 7) is 11.7. The summed E-state index contributed by atoms with van der Waals surface area (Å²) in [5.74, 6) is 0.369. The normalized spacial score (nSPS) is 27.6. The zero-order valence-electron chi connectivity index (χ0n) is 28.7. The standard InChI is InChI=1S/C35H56N4O6S/c1-33(2,3)38-31(41)28-21-25-16-11-12-17-26(25)22-39(28)23-29(40)27(20-24-14-9-8-10-15-24)36-32(42)30(34(4,5)46(7,43)44)37-35(6)18-13-19-45-35/h8-10,13-15,19,25-30,37,40H,11-12,16-18,20-23H2,1-7H3,(H,36,42)(H,38,41)/t25-,26+,27-,28-,29+,30+,35?/m0/s1. The largest absolute Gasteiger partial charge is 0.481 e. The van der Waals surface area contributed by atoms with Gasteiger partial charge in [-0.05, 0) is 84.3 Å². The van der Waals surface area contributed by atoms with E-state index in [9.17, 15) is 23.1 Å². The summed E-state index contributed by atoms with van der Waals surface area (Å²) in [4.78, 5) is 29.9. The van der Waals surface area contributed by atoms with Crippen LogP contribution >= 0.6 is 0 Å². The second-order valence-corrected chi connectivity index (χ2v) is 18.1. The number of fused-ring (bicyclic) bond motifs is 1. The van der Waals surface area contributed by atoms with Gasteiger partial charge in [-0.2, -0.15) is 0 Å². The molecule has 46 heavy (non-hydrogen) atoms. The predicted molar refractivity (Wildman–Crippen MR) is 180 cm³/mol. The molecular weight excluding hydrogens is 604 g/mol. The van der Waals surface area contributed by atoms with E-state index in [2.05, 4.69) is 20.9 Å². The number of rotatable bonds is 12. The second kappa shape index (κ2) is 14.3. The third-order valence-corrected chi connectivity index (χ3v) is 12.3. The smallest absolute Gasteiger partial charge is 0.239 e. The average Bonchev–Trinajstić information content (AvgIpc) is 3.40. The SMILES string of the molecule is CC(C)(C)NC(=O)[C@@H]1C[C@@H]2CCCC[C@@H]2CN1C[C@@H](O)[C@H](Cc1ccccc1)NC(=O)[C@@H](NC1(C)CC=CO1)C(C)(C)S(C)(=O)=O. The van der Waals surface area contributed by atoms with Crippen LogP contribution in [0.2, 0.25) is 0 Å². The molecule has 2 fully saturated rings. The fraction of sp³-hybridized carbons (Fsp3) is 0.714. The molecule has 11 heteroatoms. The molecule has 1 aliphatic carbocycles. The number of nitrogens with one attached hydrogen (secondary N) is 3. The van der Waals surface area contributed by atoms with Crippen LogP contribution in [0.3, 0.4) is 0 Å². The minimum atomic E-state index is -3.71. The van der Waals surface area contributed by atoms with Gasteiger partial charge in [-0.3, -0.25) is 19.8 Å². The zero-order valence-corrected chi connectivity index (χ0v) is 29.5. The number of aliphatic hydroxyl groups excluding tert-OH is 1. The monoisotopic (exact) mass is 660 g/mol. The average molecular weight is 661 g/mol. The number of sulfone groups is 1. The molecule has 10 nitrogen and oxygen atoms in total. The number of hydrogen-bond donors (Lipinski definition) is 4. The number of β-amino-alcohol motifs (C(OH)–C–C–N with tert-alkyl or cyclic N) is 1. The third-order valence-electron chi connectivity index (χ3n) is 10.1. The molecule has 3 aliphatic rings. The van der Waals surface area contributed by atoms with Crippen molar-refractivity contribution in [1.29, 1.82) is 0 Å². The number of benzene rings is 1. The van der Waals surface area contributed by atoms with E-state index in [1.165, 1.54) is 26.7 Å². The van der Waals surface area contributed by atoms with E-state index in [4.69, 9.17) is 4.74 Å². The molecule has 2 heterocycles. The summed E-state index contributed by atoms with van der Waals surface area (Å²) in [5.41, 5.74) is -0.435. The van der Waals surface area contributed by atoms with E-state index in [1.54, 1.807) is 13.2 Å². The van der Waals surface area contributed by atoms with Crippen LogP contribution in [0, 0.1) is 11.8 Å². The van der Waals surface area contributed by atoms with Crippen molar-refractivity contribution < 1.29 is 27.9 Å². The van der Waals surface area contributed by atoms with E-state index < -0.39 is 49.9 Å². The summed E-state index contributed by atoms with van der Waals surface area (Å²) >= 11 is 0. The fourth-order valence-corrected chi connectivity index (χ4v) is 7.69. The van der Waals surface area contributed by atoms with Crippen molar-refractivity contribution >= 4 is 21.7 Å². The van der Waals surface area contributed by atoms with Gasteiger partial charge in [0, 0.05) is 31.3 Å². The zero-order chi connectivity index (χ0) is 33.9. The van der Waals surface area contributed by atoms with Gasteiger partial charge in [0.05, 0.1) is 29.2 Å². The van der Waals surface area contributed by atoms with Gasteiger partial charge in [0.15, 0.2) is 15.6 Å². The number of piperidine rings is 1. The van der Waals surface area contributed by atoms with Crippen molar-refractivity contribution in [2.75, 3.05) is 19.3 Å². The van der Waals surface area contributed by atoms with Crippen LogP contribution < -0.4 is 16.0 Å². The molecule has 1 aromatic rings. The molecule has 1 aromatic carbocycles. The number of nitrogens with zero attached hydrogens (tertiary/aromatic N) is 1. The topological polar surface area (TPSA) is 137 Å². The molecule has 1 saturated carbocycles. The summed E-state index contributed by atoms with van der Waals surface area (Å²) in [5, 5.41) is 21.3. The van der Waals surface area contributed by atoms with Crippen molar-refractivity contribution in [1.82, 2.24) is 20.9 Å². The van der Waals surface area contributed by atoms with Crippen molar-refractivity contribution in [2.45, 2.75) is 127 Å². The maximum Gasteiger partial charge on any atom is 0.239 e. The van der Waals surface area contributed by atoms with E-state index in [0.29, 0.717) is 31.2 Å². The van der Waals surface area contributed by atoms with Gasteiger partial charge >= 0.3 is 0 Å². The van der Waals surface area contributed by atoms with Crippen LogP contribution in [0.4, 0.5) is 0 Å². The molecule has 4 N–H and O–H groups in total. The van der Waals surface area contributed by atoms with Gasteiger partial charge in [0.2, 0.25) is 11.8 Å². The van der Waals surface area contributed by atoms with Crippen LogP contribution in [0.25, 0.3) is 0 Å². The summed E-state index contributed by atoms with van der Waals surface area (Å²) < 4.78 is 30.2. The Morgan fingerprint density at radius 3 is 2.33 bits per heavy atom. The highest BCUT2D eigenvalue weighted by Gasteiger charge is 2.48. The summed E-state index contributed by atoms with van der Waals surface area (Å²) in [6.07, 6.45) is 9.57. The molecule has 2 amide bonds. The van der Waals surface area contributed by atoms with Crippen LogP contribution in [0.1, 0.15) is 85.6 Å². The molecule has 0 radical (unpaired) electrons. The lowest BCUT2D eigenvalue weighted by Crippen LogP contribution is -2.66. The molecule has 0 bridgehead atoms. The second-order valence-electron chi connectivity index (χ2n) is 15.5. The Labute approximate surface area is 276 Å². The molecule has 2 aliphatic heterocycles. The van der Waals surface area contributed by atoms with Gasteiger partial charge in [0.1, 0.15) is 6.04 Å². The fourth-order valence-electron chi connectivity index (χ4n) is 7.10. The molecule has 1 unspecified atom stereocenters. The Morgan fingerprint density at radius 1 is 1.09 bits per heavy atom. The Hall–Kier alpha value is -2.47. The van der Waals surface area contributed by atoms with Crippen molar-refractivity contribution in [3.63, 3.8) is 0 Å². The lowest BCUT2D eigenvalue weighted by Gasteiger charge is -2.47. The van der Waals surface area contributed by atoms with Gasteiger partial charge < -0.3 is 20.5 Å². The van der Waals surface area contributed by atoms with Crippen LogP contribution in [0.5, 0.6) is 0 Å². The van der Waals surface area contributed by atoms with Crippen LogP contribution in [0.15, 0.2) is 42.7 Å². The van der Waals surface area contributed by atoms with E-state index in [-0.39, 0.29) is 18.5 Å². The van der Waals surface area contributed by atoms with Gasteiger partial charge in [-0.1, -0.05) is 49.6 Å². The van der Waals surface area contributed by atoms with Crippen LogP contribution in [-0.4, -0.2) is 89.8 Å². The highest BCUT2D eigenvalue weighted by molar-refractivity contribution is 7.92. The lowest BCUT2D eigenvalue weighted by atomic mass is 9.72. The highest BCUT2D eigenvalue weighted by Crippen LogP contribution is 2.39. The minimum absolute atomic E-state index is 0.0371.